The van der Waals surface area contributed by atoms with Crippen molar-refractivity contribution in [3.63, 3.8) is 0 Å². The van der Waals surface area contributed by atoms with Crippen molar-refractivity contribution in [3.05, 3.63) is 54.1 Å². The summed E-state index contributed by atoms with van der Waals surface area (Å²) >= 11 is 0. The number of aromatic nitrogens is 1. The molecule has 0 saturated heterocycles. The van der Waals surface area contributed by atoms with Crippen molar-refractivity contribution in [2.45, 2.75) is 13.3 Å². The minimum Gasteiger partial charge on any atom is -0.264 e. The van der Waals surface area contributed by atoms with Crippen LogP contribution in [0.25, 0.3) is 11.1 Å². The van der Waals surface area contributed by atoms with Crippen LogP contribution in [0.1, 0.15) is 12.5 Å². The molecule has 15 heavy (non-hydrogen) atoms. The molecule has 2 heteroatoms. The number of pyridine rings is 1. The van der Waals surface area contributed by atoms with Crippen LogP contribution >= 0.6 is 0 Å². The lowest BCUT2D eigenvalue weighted by molar-refractivity contribution is 0.628. The van der Waals surface area contributed by atoms with Crippen molar-refractivity contribution in [2.75, 3.05) is 0 Å². The third-order valence-electron chi connectivity index (χ3n) is 2.44. The molecule has 0 radical (unpaired) electrons. The molecule has 76 valence electrons. The van der Waals surface area contributed by atoms with E-state index in [-0.39, 0.29) is 5.82 Å². The summed E-state index contributed by atoms with van der Waals surface area (Å²) in [4.78, 5) is 4.09. The zero-order valence-electron chi connectivity index (χ0n) is 8.57. The zero-order chi connectivity index (χ0) is 10.7. The van der Waals surface area contributed by atoms with Gasteiger partial charge in [-0.15, -0.1) is 0 Å². The van der Waals surface area contributed by atoms with Gasteiger partial charge in [0.2, 0.25) is 0 Å². The van der Waals surface area contributed by atoms with Crippen LogP contribution in [0.2, 0.25) is 0 Å². The number of nitrogens with zero attached hydrogens (tertiary/aromatic N) is 1. The highest BCUT2D eigenvalue weighted by atomic mass is 19.1. The van der Waals surface area contributed by atoms with Crippen LogP contribution in [-0.4, -0.2) is 4.98 Å². The van der Waals surface area contributed by atoms with Gasteiger partial charge in [-0.2, -0.15) is 0 Å². The third-order valence-corrected chi connectivity index (χ3v) is 2.44. The van der Waals surface area contributed by atoms with E-state index in [0.29, 0.717) is 0 Å². The van der Waals surface area contributed by atoms with Crippen molar-refractivity contribution >= 4 is 0 Å². The SMILES string of the molecule is CCc1cnccc1-c1ccc(F)cc1. The van der Waals surface area contributed by atoms with Crippen LogP contribution in [0.4, 0.5) is 4.39 Å². The maximum Gasteiger partial charge on any atom is 0.123 e. The molecule has 0 amide bonds. The van der Waals surface area contributed by atoms with Crippen LogP contribution in [-0.2, 0) is 6.42 Å². The summed E-state index contributed by atoms with van der Waals surface area (Å²) in [6, 6.07) is 8.52. The Labute approximate surface area is 88.6 Å². The maximum atomic E-state index is 12.8. The first-order valence-corrected chi connectivity index (χ1v) is 5.00. The first kappa shape index (κ1) is 9.84. The quantitative estimate of drug-likeness (QED) is 0.725. The molecule has 0 spiro atoms. The predicted molar refractivity (Wildman–Crippen MR) is 59.0 cm³/mol. The third kappa shape index (κ3) is 2.04. The molecule has 0 saturated carbocycles. The van der Waals surface area contributed by atoms with Crippen molar-refractivity contribution in [3.8, 4) is 11.1 Å². The molecule has 0 N–H and O–H groups in total. The average molecular weight is 201 g/mol. The Hall–Kier alpha value is -1.70. The Kier molecular flexibility index (Phi) is 2.77. The number of benzene rings is 1. The van der Waals surface area contributed by atoms with Crippen LogP contribution in [0, 0.1) is 5.82 Å². The summed E-state index contributed by atoms with van der Waals surface area (Å²) in [5, 5.41) is 0. The lowest BCUT2D eigenvalue weighted by Crippen LogP contribution is -1.88. The van der Waals surface area contributed by atoms with E-state index in [1.54, 1.807) is 18.3 Å². The van der Waals surface area contributed by atoms with E-state index in [2.05, 4.69) is 11.9 Å². The molecular formula is C13H12FN. The van der Waals surface area contributed by atoms with Gasteiger partial charge in [-0.05, 0) is 41.3 Å². The molecule has 0 bridgehead atoms. The zero-order valence-corrected chi connectivity index (χ0v) is 8.57. The highest BCUT2D eigenvalue weighted by Crippen LogP contribution is 2.23. The molecule has 0 atom stereocenters. The van der Waals surface area contributed by atoms with Gasteiger partial charge in [-0.3, -0.25) is 4.98 Å². The molecule has 1 heterocycles. The van der Waals surface area contributed by atoms with Gasteiger partial charge in [0.05, 0.1) is 0 Å². The smallest absolute Gasteiger partial charge is 0.123 e. The second-order valence-electron chi connectivity index (χ2n) is 3.39. The van der Waals surface area contributed by atoms with E-state index in [9.17, 15) is 4.39 Å². The molecule has 0 aliphatic rings. The van der Waals surface area contributed by atoms with Crippen molar-refractivity contribution in [2.24, 2.45) is 0 Å². The molecule has 1 nitrogen and oxygen atoms in total. The van der Waals surface area contributed by atoms with Crippen molar-refractivity contribution in [1.29, 1.82) is 0 Å². The van der Waals surface area contributed by atoms with E-state index in [1.807, 2.05) is 12.3 Å². The first-order valence-electron chi connectivity index (χ1n) is 5.00. The minimum absolute atomic E-state index is 0.203. The van der Waals surface area contributed by atoms with Gasteiger partial charge in [-0.25, -0.2) is 4.39 Å². The maximum absolute atomic E-state index is 12.8. The molecule has 1 aromatic carbocycles. The average Bonchev–Trinajstić information content (AvgIpc) is 2.30. The number of aryl methyl sites for hydroxylation is 1. The number of hydrogen-bond donors (Lipinski definition) is 0. The minimum atomic E-state index is -0.203. The molecule has 0 aliphatic heterocycles. The van der Waals surface area contributed by atoms with Crippen molar-refractivity contribution < 1.29 is 4.39 Å². The monoisotopic (exact) mass is 201 g/mol. The van der Waals surface area contributed by atoms with Gasteiger partial charge < -0.3 is 0 Å². The summed E-state index contributed by atoms with van der Waals surface area (Å²) in [6.45, 7) is 2.09. The van der Waals surface area contributed by atoms with Crippen LogP contribution in [0.3, 0.4) is 0 Å². The van der Waals surface area contributed by atoms with Crippen LogP contribution in [0.5, 0.6) is 0 Å². The Morgan fingerprint density at radius 3 is 2.53 bits per heavy atom. The molecule has 2 rings (SSSR count). The topological polar surface area (TPSA) is 12.9 Å². The lowest BCUT2D eigenvalue weighted by Gasteiger charge is -2.06. The van der Waals surface area contributed by atoms with Crippen molar-refractivity contribution in [1.82, 2.24) is 4.98 Å². The van der Waals surface area contributed by atoms with Gasteiger partial charge >= 0.3 is 0 Å². The molecule has 2 aromatic rings. The highest BCUT2D eigenvalue weighted by molar-refractivity contribution is 5.66. The van der Waals surface area contributed by atoms with E-state index in [4.69, 9.17) is 0 Å². The largest absolute Gasteiger partial charge is 0.264 e. The fourth-order valence-electron chi connectivity index (χ4n) is 1.62. The standard InChI is InChI=1S/C13H12FN/c1-2-10-9-15-8-7-13(10)11-3-5-12(14)6-4-11/h3-9H,2H2,1H3. The van der Waals surface area contributed by atoms with E-state index < -0.39 is 0 Å². The summed E-state index contributed by atoms with van der Waals surface area (Å²) in [7, 11) is 0. The molecule has 1 aromatic heterocycles. The highest BCUT2D eigenvalue weighted by Gasteiger charge is 2.02. The van der Waals surface area contributed by atoms with E-state index in [0.717, 1.165) is 17.5 Å². The molecular weight excluding hydrogens is 189 g/mol. The van der Waals surface area contributed by atoms with Gasteiger partial charge in [0.25, 0.3) is 0 Å². The van der Waals surface area contributed by atoms with E-state index >= 15 is 0 Å². The Morgan fingerprint density at radius 1 is 1.13 bits per heavy atom. The number of halogens is 1. The van der Waals surface area contributed by atoms with Crippen LogP contribution < -0.4 is 0 Å². The normalized spacial score (nSPS) is 10.3. The number of hydrogen-bond acceptors (Lipinski definition) is 1. The molecule has 0 unspecified atom stereocenters. The summed E-state index contributed by atoms with van der Waals surface area (Å²) in [6.07, 6.45) is 4.55. The van der Waals surface area contributed by atoms with E-state index in [1.165, 1.54) is 17.7 Å². The predicted octanol–water partition coefficient (Wildman–Crippen LogP) is 3.45. The van der Waals surface area contributed by atoms with Crippen LogP contribution in [0.15, 0.2) is 42.7 Å². The summed E-state index contributed by atoms with van der Waals surface area (Å²) in [5.41, 5.74) is 3.35. The Morgan fingerprint density at radius 2 is 1.87 bits per heavy atom. The van der Waals surface area contributed by atoms with Gasteiger partial charge in [0, 0.05) is 12.4 Å². The van der Waals surface area contributed by atoms with Gasteiger partial charge in [0.1, 0.15) is 5.82 Å². The first-order chi connectivity index (χ1) is 7.31. The fourth-order valence-corrected chi connectivity index (χ4v) is 1.62. The van der Waals surface area contributed by atoms with Gasteiger partial charge in [-0.1, -0.05) is 19.1 Å². The summed E-state index contributed by atoms with van der Waals surface area (Å²) < 4.78 is 12.8. The second-order valence-corrected chi connectivity index (χ2v) is 3.39. The second kappa shape index (κ2) is 4.22. The summed E-state index contributed by atoms with van der Waals surface area (Å²) in [5.74, 6) is -0.203. The fraction of sp³-hybridized carbons (Fsp3) is 0.154. The molecule has 0 fully saturated rings. The van der Waals surface area contributed by atoms with Gasteiger partial charge in [0.15, 0.2) is 0 Å². The Bertz CT molecular complexity index is 448. The molecule has 0 aliphatic carbocycles. The number of rotatable bonds is 2. The Balaban J connectivity index is 2.49. The lowest BCUT2D eigenvalue weighted by atomic mass is 10.0.